The molecule has 0 saturated heterocycles. The average molecular weight is 311 g/mol. The maximum Gasteiger partial charge on any atom is 0.416 e. The highest BCUT2D eigenvalue weighted by Gasteiger charge is 2.33. The molecule has 1 aromatic carbocycles. The summed E-state index contributed by atoms with van der Waals surface area (Å²) in [6.07, 6.45) is -4.69. The van der Waals surface area contributed by atoms with Crippen molar-refractivity contribution in [2.45, 2.75) is 13.1 Å². The van der Waals surface area contributed by atoms with Gasteiger partial charge in [-0.3, -0.25) is 0 Å². The van der Waals surface area contributed by atoms with Gasteiger partial charge < -0.3 is 11.5 Å². The zero-order valence-electron chi connectivity index (χ0n) is 11.2. The van der Waals surface area contributed by atoms with Crippen molar-refractivity contribution in [3.05, 3.63) is 34.6 Å². The molecule has 9 heteroatoms. The van der Waals surface area contributed by atoms with Crippen molar-refractivity contribution < 1.29 is 17.6 Å². The molecule has 2 aromatic rings. The summed E-state index contributed by atoms with van der Waals surface area (Å²) in [5, 5.41) is 9.04. The third kappa shape index (κ3) is 2.63. The molecule has 0 aliphatic rings. The second-order valence-electron chi connectivity index (χ2n) is 4.45. The second-order valence-corrected chi connectivity index (χ2v) is 4.45. The first-order valence-corrected chi connectivity index (χ1v) is 5.86. The lowest BCUT2D eigenvalue weighted by Crippen LogP contribution is -2.10. The van der Waals surface area contributed by atoms with Crippen molar-refractivity contribution >= 4 is 11.8 Å². The minimum Gasteiger partial charge on any atom is -0.382 e. The molecule has 0 spiro atoms. The van der Waals surface area contributed by atoms with Crippen LogP contribution in [0, 0.1) is 24.1 Å². The molecule has 1 aromatic heterocycles. The van der Waals surface area contributed by atoms with Gasteiger partial charge in [-0.05, 0) is 24.6 Å². The van der Waals surface area contributed by atoms with E-state index in [1.165, 1.54) is 6.92 Å². The molecule has 0 fully saturated rings. The van der Waals surface area contributed by atoms with E-state index in [-0.39, 0.29) is 34.2 Å². The molecule has 5 nitrogen and oxygen atoms in total. The lowest BCUT2D eigenvalue weighted by Gasteiger charge is -2.13. The Bertz CT molecular complexity index is 792. The minimum atomic E-state index is -4.69. The Morgan fingerprint density at radius 1 is 1.18 bits per heavy atom. The standard InChI is InChI=1S/C13H9F4N5/c1-5-2-6(9(14)3-8(5)13(15,16)17)10-7(4-18)11(19)22-12(20)21-10/h2-3H,1H3,(H4,19,20,21,22). The SMILES string of the molecule is Cc1cc(-c2nc(N)nc(N)c2C#N)c(F)cc1C(F)(F)F. The van der Waals surface area contributed by atoms with Gasteiger partial charge in [0.25, 0.3) is 0 Å². The maximum absolute atomic E-state index is 14.1. The van der Waals surface area contributed by atoms with Gasteiger partial charge in [0.2, 0.25) is 5.95 Å². The summed E-state index contributed by atoms with van der Waals surface area (Å²) in [5.41, 5.74) is 8.76. The molecule has 0 amide bonds. The number of alkyl halides is 3. The fraction of sp³-hybridized carbons (Fsp3) is 0.154. The first-order chi connectivity index (χ1) is 10.1. The molecule has 0 atom stereocenters. The Kier molecular flexibility index (Phi) is 3.62. The highest BCUT2D eigenvalue weighted by molar-refractivity contribution is 5.74. The number of nitriles is 1. The quantitative estimate of drug-likeness (QED) is 0.788. The number of rotatable bonds is 1. The normalized spacial score (nSPS) is 11.3. The highest BCUT2D eigenvalue weighted by atomic mass is 19.4. The molecular weight excluding hydrogens is 302 g/mol. The van der Waals surface area contributed by atoms with Gasteiger partial charge >= 0.3 is 6.18 Å². The van der Waals surface area contributed by atoms with E-state index in [1.807, 2.05) is 0 Å². The molecule has 1 heterocycles. The van der Waals surface area contributed by atoms with E-state index in [0.717, 1.165) is 6.07 Å². The zero-order valence-corrected chi connectivity index (χ0v) is 11.2. The van der Waals surface area contributed by atoms with Crippen molar-refractivity contribution in [2.75, 3.05) is 11.5 Å². The maximum atomic E-state index is 14.1. The first-order valence-electron chi connectivity index (χ1n) is 5.86. The number of hydrogen-bond donors (Lipinski definition) is 2. The number of nitrogen functional groups attached to an aromatic ring is 2. The molecule has 0 aliphatic carbocycles. The monoisotopic (exact) mass is 311 g/mol. The fourth-order valence-corrected chi connectivity index (χ4v) is 1.97. The third-order valence-corrected chi connectivity index (χ3v) is 2.94. The predicted octanol–water partition coefficient (Wildman–Crippen LogP) is 2.65. The van der Waals surface area contributed by atoms with Crippen LogP contribution in [-0.4, -0.2) is 9.97 Å². The third-order valence-electron chi connectivity index (χ3n) is 2.94. The molecule has 0 saturated carbocycles. The van der Waals surface area contributed by atoms with Gasteiger partial charge in [0.15, 0.2) is 0 Å². The van der Waals surface area contributed by atoms with Gasteiger partial charge in [-0.1, -0.05) is 0 Å². The van der Waals surface area contributed by atoms with Crippen molar-refractivity contribution in [3.63, 3.8) is 0 Å². The van der Waals surface area contributed by atoms with E-state index in [9.17, 15) is 17.6 Å². The number of nitrogens with two attached hydrogens (primary N) is 2. The number of hydrogen-bond acceptors (Lipinski definition) is 5. The lowest BCUT2D eigenvalue weighted by molar-refractivity contribution is -0.138. The van der Waals surface area contributed by atoms with Crippen LogP contribution in [0.5, 0.6) is 0 Å². The molecule has 0 bridgehead atoms. The van der Waals surface area contributed by atoms with Gasteiger partial charge in [0.1, 0.15) is 23.3 Å². The van der Waals surface area contributed by atoms with Crippen LogP contribution in [0.25, 0.3) is 11.3 Å². The Morgan fingerprint density at radius 2 is 1.82 bits per heavy atom. The average Bonchev–Trinajstić information content (AvgIpc) is 2.39. The van der Waals surface area contributed by atoms with Gasteiger partial charge in [-0.2, -0.15) is 23.4 Å². The molecule has 114 valence electrons. The summed E-state index contributed by atoms with van der Waals surface area (Å²) in [7, 11) is 0. The van der Waals surface area contributed by atoms with E-state index >= 15 is 0 Å². The number of benzene rings is 1. The minimum absolute atomic E-state index is 0.219. The van der Waals surface area contributed by atoms with Crippen LogP contribution in [0.4, 0.5) is 29.3 Å². The van der Waals surface area contributed by atoms with Gasteiger partial charge in [0.05, 0.1) is 11.3 Å². The first kappa shape index (κ1) is 15.5. The molecule has 0 radical (unpaired) electrons. The lowest BCUT2D eigenvalue weighted by atomic mass is 9.99. The molecule has 0 aliphatic heterocycles. The summed E-state index contributed by atoms with van der Waals surface area (Å²) in [4.78, 5) is 7.27. The number of halogens is 4. The van der Waals surface area contributed by atoms with Crippen LogP contribution in [0.1, 0.15) is 16.7 Å². The predicted molar refractivity (Wildman–Crippen MR) is 70.7 cm³/mol. The molecule has 0 unspecified atom stereocenters. The summed E-state index contributed by atoms with van der Waals surface area (Å²) in [6, 6.07) is 2.98. The molecule has 4 N–H and O–H groups in total. The zero-order chi connectivity index (χ0) is 16.7. The Balaban J connectivity index is 2.76. The summed E-state index contributed by atoms with van der Waals surface area (Å²) in [5.74, 6) is -1.78. The van der Waals surface area contributed by atoms with Crippen LogP contribution in [0.3, 0.4) is 0 Å². The van der Waals surface area contributed by atoms with E-state index in [1.54, 1.807) is 6.07 Å². The summed E-state index contributed by atoms with van der Waals surface area (Å²) >= 11 is 0. The fourth-order valence-electron chi connectivity index (χ4n) is 1.97. The van der Waals surface area contributed by atoms with Crippen LogP contribution >= 0.6 is 0 Å². The number of nitrogens with zero attached hydrogens (tertiary/aromatic N) is 3. The Hall–Kier alpha value is -2.89. The number of anilines is 2. The van der Waals surface area contributed by atoms with Crippen molar-refractivity contribution in [1.29, 1.82) is 5.26 Å². The van der Waals surface area contributed by atoms with Gasteiger partial charge in [-0.25, -0.2) is 9.37 Å². The van der Waals surface area contributed by atoms with Gasteiger partial charge in [-0.15, -0.1) is 0 Å². The second kappa shape index (κ2) is 5.14. The van der Waals surface area contributed by atoms with Crippen LogP contribution in [0.2, 0.25) is 0 Å². The van der Waals surface area contributed by atoms with E-state index in [2.05, 4.69) is 9.97 Å². The van der Waals surface area contributed by atoms with Crippen LogP contribution < -0.4 is 11.5 Å². The smallest absolute Gasteiger partial charge is 0.382 e. The van der Waals surface area contributed by atoms with E-state index in [4.69, 9.17) is 16.7 Å². The molecular formula is C13H9F4N5. The largest absolute Gasteiger partial charge is 0.416 e. The van der Waals surface area contributed by atoms with E-state index in [0.29, 0.717) is 6.07 Å². The summed E-state index contributed by atoms with van der Waals surface area (Å²) in [6.45, 7) is 1.17. The molecule has 2 rings (SSSR count). The van der Waals surface area contributed by atoms with Crippen molar-refractivity contribution in [3.8, 4) is 17.3 Å². The van der Waals surface area contributed by atoms with Crippen molar-refractivity contribution in [2.24, 2.45) is 0 Å². The van der Waals surface area contributed by atoms with Crippen LogP contribution in [-0.2, 0) is 6.18 Å². The number of aryl methyl sites for hydroxylation is 1. The topological polar surface area (TPSA) is 102 Å². The molecule has 22 heavy (non-hydrogen) atoms. The van der Waals surface area contributed by atoms with Crippen LogP contribution in [0.15, 0.2) is 12.1 Å². The van der Waals surface area contributed by atoms with Gasteiger partial charge in [0, 0.05) is 5.56 Å². The summed E-state index contributed by atoms with van der Waals surface area (Å²) < 4.78 is 52.3. The van der Waals surface area contributed by atoms with Crippen molar-refractivity contribution in [1.82, 2.24) is 9.97 Å². The Labute approximate surface area is 122 Å². The number of aromatic nitrogens is 2. The highest BCUT2D eigenvalue weighted by Crippen LogP contribution is 2.36. The van der Waals surface area contributed by atoms with E-state index < -0.39 is 17.6 Å². The Morgan fingerprint density at radius 3 is 2.36 bits per heavy atom.